The number of alkyl halides is 5. The molecule has 0 aliphatic carbocycles. The summed E-state index contributed by atoms with van der Waals surface area (Å²) in [6.07, 6.45) is -5.81. The van der Waals surface area contributed by atoms with E-state index in [1.165, 1.54) is 0 Å². The molecule has 0 saturated carbocycles. The van der Waals surface area contributed by atoms with Crippen molar-refractivity contribution in [3.05, 3.63) is 35.4 Å². The van der Waals surface area contributed by atoms with Crippen LogP contribution in [-0.2, 0) is 15.7 Å². The largest absolute Gasteiger partial charge is 0.455 e. The molecule has 0 spiro atoms. The molecule has 0 N–H and O–H groups in total. The van der Waals surface area contributed by atoms with E-state index in [-0.39, 0.29) is 12.0 Å². The Hall–Kier alpha value is -1.66. The summed E-state index contributed by atoms with van der Waals surface area (Å²) in [5.41, 5.74) is -0.681. The Kier molecular flexibility index (Phi) is 5.26. The number of hydrogen-bond donors (Lipinski definition) is 0. The van der Waals surface area contributed by atoms with E-state index in [9.17, 15) is 26.7 Å². The highest BCUT2D eigenvalue weighted by Gasteiger charge is 2.30. The van der Waals surface area contributed by atoms with Crippen molar-refractivity contribution in [3.8, 4) is 0 Å². The highest BCUT2D eigenvalue weighted by molar-refractivity contribution is 5.70. The molecular formula is C12H11F5O2. The molecule has 0 aliphatic heterocycles. The van der Waals surface area contributed by atoms with Crippen LogP contribution in [0.3, 0.4) is 0 Å². The van der Waals surface area contributed by atoms with Gasteiger partial charge in [0.15, 0.2) is 6.67 Å². The molecule has 1 aromatic rings. The van der Waals surface area contributed by atoms with Gasteiger partial charge in [-0.15, -0.1) is 0 Å². The van der Waals surface area contributed by atoms with E-state index >= 15 is 0 Å². The van der Waals surface area contributed by atoms with Gasteiger partial charge >= 0.3 is 12.1 Å². The molecule has 7 heteroatoms. The highest BCUT2D eigenvalue weighted by Crippen LogP contribution is 2.31. The third-order valence-electron chi connectivity index (χ3n) is 2.36. The Morgan fingerprint density at radius 3 is 2.16 bits per heavy atom. The third kappa shape index (κ3) is 4.50. The molecule has 0 bridgehead atoms. The minimum Gasteiger partial charge on any atom is -0.455 e. The molecule has 1 atom stereocenters. The maximum absolute atomic E-state index is 12.3. The summed E-state index contributed by atoms with van der Waals surface area (Å²) in [5.74, 6) is -1.18. The van der Waals surface area contributed by atoms with Crippen LogP contribution in [-0.4, -0.2) is 19.3 Å². The predicted octanol–water partition coefficient (Wildman–Crippen LogP) is 3.62. The summed E-state index contributed by atoms with van der Waals surface area (Å²) >= 11 is 0. The molecule has 0 radical (unpaired) electrons. The Bertz CT molecular complexity index is 413. The first kappa shape index (κ1) is 15.4. The second-order valence-electron chi connectivity index (χ2n) is 3.71. The smallest absolute Gasteiger partial charge is 0.416 e. The molecule has 0 heterocycles. The molecule has 2 nitrogen and oxygen atoms in total. The van der Waals surface area contributed by atoms with Crippen LogP contribution in [0.2, 0.25) is 0 Å². The van der Waals surface area contributed by atoms with Gasteiger partial charge in [-0.25, -0.2) is 9.18 Å². The number of ether oxygens (including phenoxy) is 1. The molecule has 106 valence electrons. The van der Waals surface area contributed by atoms with Crippen LogP contribution in [0.15, 0.2) is 24.3 Å². The van der Waals surface area contributed by atoms with Crippen molar-refractivity contribution in [2.45, 2.75) is 18.7 Å². The summed E-state index contributed by atoms with van der Waals surface area (Å²) in [6, 6.07) is 3.75. The number of esters is 1. The SMILES string of the molecule is O=C(CF)OC(CCF)c1ccc(C(F)(F)F)cc1. The molecule has 1 aromatic carbocycles. The van der Waals surface area contributed by atoms with Gasteiger partial charge < -0.3 is 4.74 Å². The van der Waals surface area contributed by atoms with Crippen LogP contribution in [0.1, 0.15) is 23.7 Å². The van der Waals surface area contributed by atoms with E-state index in [0.29, 0.717) is 0 Å². The predicted molar refractivity (Wildman–Crippen MR) is 56.8 cm³/mol. The molecule has 19 heavy (non-hydrogen) atoms. The van der Waals surface area contributed by atoms with Crippen LogP contribution >= 0.6 is 0 Å². The van der Waals surface area contributed by atoms with Gasteiger partial charge in [0.05, 0.1) is 12.2 Å². The zero-order valence-corrected chi connectivity index (χ0v) is 9.71. The zero-order valence-electron chi connectivity index (χ0n) is 9.71. The maximum atomic E-state index is 12.3. The number of halogens is 5. The average molecular weight is 282 g/mol. The molecule has 0 fully saturated rings. The van der Waals surface area contributed by atoms with Crippen LogP contribution in [0, 0.1) is 0 Å². The first-order valence-corrected chi connectivity index (χ1v) is 5.37. The van der Waals surface area contributed by atoms with E-state index < -0.39 is 37.2 Å². The Morgan fingerprint density at radius 2 is 1.74 bits per heavy atom. The fraction of sp³-hybridized carbons (Fsp3) is 0.417. The van der Waals surface area contributed by atoms with Gasteiger partial charge in [-0.05, 0) is 17.7 Å². The lowest BCUT2D eigenvalue weighted by atomic mass is 10.0. The molecule has 0 aromatic heterocycles. The quantitative estimate of drug-likeness (QED) is 0.609. The van der Waals surface area contributed by atoms with Crippen LogP contribution in [0.25, 0.3) is 0 Å². The summed E-state index contributed by atoms with van der Waals surface area (Å²) in [6.45, 7) is -2.21. The van der Waals surface area contributed by atoms with Gasteiger partial charge in [-0.2, -0.15) is 13.2 Å². The number of carbonyl (C=O) groups is 1. The number of hydrogen-bond acceptors (Lipinski definition) is 2. The van der Waals surface area contributed by atoms with Crippen molar-refractivity contribution in [3.63, 3.8) is 0 Å². The second kappa shape index (κ2) is 6.49. The van der Waals surface area contributed by atoms with Gasteiger partial charge in [-0.1, -0.05) is 12.1 Å². The van der Waals surface area contributed by atoms with Crippen molar-refractivity contribution in [1.82, 2.24) is 0 Å². The first-order chi connectivity index (χ1) is 8.88. The van der Waals surface area contributed by atoms with Crippen molar-refractivity contribution in [2.24, 2.45) is 0 Å². The average Bonchev–Trinajstić information content (AvgIpc) is 2.37. The minimum absolute atomic E-state index is 0.187. The van der Waals surface area contributed by atoms with E-state index in [2.05, 4.69) is 4.74 Å². The minimum atomic E-state index is -4.48. The van der Waals surface area contributed by atoms with Crippen molar-refractivity contribution in [1.29, 1.82) is 0 Å². The molecular weight excluding hydrogens is 271 g/mol. The Morgan fingerprint density at radius 1 is 1.16 bits per heavy atom. The monoisotopic (exact) mass is 282 g/mol. The molecule has 1 rings (SSSR count). The van der Waals surface area contributed by atoms with E-state index in [4.69, 9.17) is 0 Å². The number of carbonyl (C=O) groups excluding carboxylic acids is 1. The molecule has 1 unspecified atom stereocenters. The highest BCUT2D eigenvalue weighted by atomic mass is 19.4. The summed E-state index contributed by atoms with van der Waals surface area (Å²) in [5, 5.41) is 0. The Labute approximate surface area is 106 Å². The van der Waals surface area contributed by atoms with Crippen molar-refractivity contribution in [2.75, 3.05) is 13.3 Å². The number of benzene rings is 1. The van der Waals surface area contributed by atoms with Gasteiger partial charge in [0.1, 0.15) is 6.10 Å². The van der Waals surface area contributed by atoms with E-state index in [0.717, 1.165) is 24.3 Å². The van der Waals surface area contributed by atoms with E-state index in [1.807, 2.05) is 0 Å². The first-order valence-electron chi connectivity index (χ1n) is 5.37. The van der Waals surface area contributed by atoms with Crippen LogP contribution in [0.4, 0.5) is 22.0 Å². The standard InChI is InChI=1S/C12H11F5O2/c13-6-5-10(19-11(18)7-14)8-1-3-9(4-2-8)12(15,16)17/h1-4,10H,5-7H2. The van der Waals surface area contributed by atoms with Gasteiger partial charge in [0, 0.05) is 6.42 Å². The van der Waals surface area contributed by atoms with Crippen LogP contribution < -0.4 is 0 Å². The molecule has 0 amide bonds. The van der Waals surface area contributed by atoms with Crippen LogP contribution in [0.5, 0.6) is 0 Å². The third-order valence-corrected chi connectivity index (χ3v) is 2.36. The van der Waals surface area contributed by atoms with Gasteiger partial charge in [0.2, 0.25) is 0 Å². The summed E-state index contributed by atoms with van der Waals surface area (Å²) in [4.78, 5) is 10.8. The Balaban J connectivity index is 2.88. The normalized spacial score (nSPS) is 13.1. The topological polar surface area (TPSA) is 26.3 Å². The fourth-order valence-corrected chi connectivity index (χ4v) is 1.47. The molecule has 0 aliphatic rings. The maximum Gasteiger partial charge on any atom is 0.416 e. The molecule has 0 saturated heterocycles. The second-order valence-corrected chi connectivity index (χ2v) is 3.71. The zero-order chi connectivity index (χ0) is 14.5. The lowest BCUT2D eigenvalue weighted by molar-refractivity contribution is -0.151. The van der Waals surface area contributed by atoms with Gasteiger partial charge in [-0.3, -0.25) is 4.39 Å². The summed E-state index contributed by atoms with van der Waals surface area (Å²) in [7, 11) is 0. The number of rotatable bonds is 5. The fourth-order valence-electron chi connectivity index (χ4n) is 1.47. The van der Waals surface area contributed by atoms with Gasteiger partial charge in [0.25, 0.3) is 0 Å². The van der Waals surface area contributed by atoms with Crippen molar-refractivity contribution >= 4 is 5.97 Å². The van der Waals surface area contributed by atoms with Crippen molar-refractivity contribution < 1.29 is 31.5 Å². The lowest BCUT2D eigenvalue weighted by Gasteiger charge is -2.17. The summed E-state index contributed by atoms with van der Waals surface area (Å²) < 4.78 is 65.9. The lowest BCUT2D eigenvalue weighted by Crippen LogP contribution is -2.14. The van der Waals surface area contributed by atoms with E-state index in [1.54, 1.807) is 0 Å².